The zero-order valence-corrected chi connectivity index (χ0v) is 8.93. The Bertz CT molecular complexity index is 352. The topological polar surface area (TPSA) is 59.1 Å². The maximum atomic E-state index is 7.19. The molecular weight excluding hydrogens is 200 g/mol. The third kappa shape index (κ3) is 2.64. The summed E-state index contributed by atoms with van der Waals surface area (Å²) in [6.07, 6.45) is -0.424. The van der Waals surface area contributed by atoms with E-state index in [1.807, 2.05) is 13.0 Å². The highest BCUT2D eigenvalue weighted by Crippen LogP contribution is 2.23. The summed E-state index contributed by atoms with van der Waals surface area (Å²) < 4.78 is 5.45. The molecule has 0 heterocycles. The van der Waals surface area contributed by atoms with E-state index in [4.69, 9.17) is 27.5 Å². The highest BCUT2D eigenvalue weighted by molar-refractivity contribution is 6.30. The van der Waals surface area contributed by atoms with Crippen molar-refractivity contribution in [3.05, 3.63) is 28.8 Å². The van der Waals surface area contributed by atoms with Crippen LogP contribution in [0.25, 0.3) is 0 Å². The molecule has 3 nitrogen and oxygen atoms in total. The monoisotopic (exact) mass is 212 g/mol. The first-order valence-electron chi connectivity index (χ1n) is 4.27. The molecule has 1 rings (SSSR count). The summed E-state index contributed by atoms with van der Waals surface area (Å²) >= 11 is 5.81. The van der Waals surface area contributed by atoms with Crippen LogP contribution in [-0.2, 0) is 0 Å². The average Bonchev–Trinajstić information content (AvgIpc) is 2.11. The molecule has 14 heavy (non-hydrogen) atoms. The Morgan fingerprint density at radius 2 is 2.21 bits per heavy atom. The third-order valence-corrected chi connectivity index (χ3v) is 2.13. The van der Waals surface area contributed by atoms with Gasteiger partial charge in [-0.2, -0.15) is 0 Å². The van der Waals surface area contributed by atoms with Gasteiger partial charge in [0.25, 0.3) is 0 Å². The lowest BCUT2D eigenvalue weighted by molar-refractivity contribution is 0.283. The minimum atomic E-state index is -0.424. The molecule has 1 aromatic carbocycles. The minimum absolute atomic E-state index is 0.00405. The second-order valence-electron chi connectivity index (χ2n) is 3.13. The summed E-state index contributed by atoms with van der Waals surface area (Å²) in [7, 11) is 0. The molecule has 0 fully saturated rings. The van der Waals surface area contributed by atoms with Crippen LogP contribution in [0.2, 0.25) is 5.02 Å². The number of ether oxygens (including phenoxy) is 1. The number of nitrogens with two attached hydrogens (primary N) is 1. The summed E-state index contributed by atoms with van der Waals surface area (Å²) in [5, 5.41) is 7.81. The molecule has 0 amide bonds. The van der Waals surface area contributed by atoms with Crippen LogP contribution in [0.4, 0.5) is 0 Å². The zero-order chi connectivity index (χ0) is 10.7. The molecule has 0 saturated heterocycles. The van der Waals surface area contributed by atoms with E-state index in [2.05, 4.69) is 0 Å². The van der Waals surface area contributed by atoms with Crippen molar-refractivity contribution in [1.29, 1.82) is 5.41 Å². The van der Waals surface area contributed by atoms with Gasteiger partial charge in [0.15, 0.2) is 6.10 Å². The molecule has 0 aliphatic carbocycles. The normalized spacial score (nSPS) is 12.2. The first-order chi connectivity index (χ1) is 6.50. The van der Waals surface area contributed by atoms with Gasteiger partial charge in [-0.15, -0.1) is 0 Å². The lowest BCUT2D eigenvalue weighted by Crippen LogP contribution is -2.30. The van der Waals surface area contributed by atoms with E-state index in [-0.39, 0.29) is 5.84 Å². The Balaban J connectivity index is 2.85. The van der Waals surface area contributed by atoms with Crippen LogP contribution in [-0.4, -0.2) is 11.9 Å². The van der Waals surface area contributed by atoms with Gasteiger partial charge in [0, 0.05) is 5.02 Å². The summed E-state index contributed by atoms with van der Waals surface area (Å²) in [6, 6.07) is 5.38. The molecule has 0 bridgehead atoms. The molecule has 1 unspecified atom stereocenters. The molecule has 1 atom stereocenters. The van der Waals surface area contributed by atoms with Crippen molar-refractivity contribution in [2.45, 2.75) is 20.0 Å². The van der Waals surface area contributed by atoms with Crippen molar-refractivity contribution < 1.29 is 4.74 Å². The lowest BCUT2D eigenvalue weighted by atomic mass is 10.2. The number of amidine groups is 1. The van der Waals surface area contributed by atoms with E-state index in [1.165, 1.54) is 0 Å². The molecular formula is C10H13ClN2O. The van der Waals surface area contributed by atoms with Crippen LogP contribution >= 0.6 is 11.6 Å². The van der Waals surface area contributed by atoms with Crippen molar-refractivity contribution in [3.8, 4) is 5.75 Å². The molecule has 76 valence electrons. The van der Waals surface area contributed by atoms with Crippen molar-refractivity contribution in [1.82, 2.24) is 0 Å². The summed E-state index contributed by atoms with van der Waals surface area (Å²) in [5.41, 5.74) is 6.27. The van der Waals surface area contributed by atoms with Gasteiger partial charge in [-0.1, -0.05) is 17.7 Å². The van der Waals surface area contributed by atoms with Crippen molar-refractivity contribution in [3.63, 3.8) is 0 Å². The highest BCUT2D eigenvalue weighted by atomic mass is 35.5. The van der Waals surface area contributed by atoms with Crippen molar-refractivity contribution in [2.24, 2.45) is 5.73 Å². The van der Waals surface area contributed by atoms with Crippen LogP contribution in [0.15, 0.2) is 18.2 Å². The molecule has 0 radical (unpaired) electrons. The average molecular weight is 213 g/mol. The van der Waals surface area contributed by atoms with E-state index in [9.17, 15) is 0 Å². The number of nitrogens with one attached hydrogen (secondary N) is 1. The third-order valence-electron chi connectivity index (χ3n) is 1.89. The van der Waals surface area contributed by atoms with Crippen LogP contribution < -0.4 is 10.5 Å². The van der Waals surface area contributed by atoms with E-state index in [0.717, 1.165) is 5.56 Å². The van der Waals surface area contributed by atoms with Gasteiger partial charge in [-0.05, 0) is 31.5 Å². The second-order valence-corrected chi connectivity index (χ2v) is 3.56. The molecule has 0 spiro atoms. The Morgan fingerprint density at radius 3 is 2.79 bits per heavy atom. The molecule has 0 aromatic heterocycles. The van der Waals surface area contributed by atoms with E-state index in [0.29, 0.717) is 10.8 Å². The molecule has 1 aromatic rings. The standard InChI is InChI=1S/C10H13ClN2O/c1-6-3-4-8(11)5-9(6)14-7(2)10(12)13/h3-5,7H,1-2H3,(H3,12,13). The zero-order valence-electron chi connectivity index (χ0n) is 8.17. The largest absolute Gasteiger partial charge is 0.483 e. The summed E-state index contributed by atoms with van der Waals surface area (Å²) in [5.74, 6) is 0.671. The first-order valence-corrected chi connectivity index (χ1v) is 4.65. The van der Waals surface area contributed by atoms with Crippen LogP contribution in [0.3, 0.4) is 0 Å². The van der Waals surface area contributed by atoms with E-state index < -0.39 is 6.10 Å². The van der Waals surface area contributed by atoms with Crippen molar-refractivity contribution >= 4 is 17.4 Å². The first kappa shape index (κ1) is 10.9. The van der Waals surface area contributed by atoms with Gasteiger partial charge >= 0.3 is 0 Å². The molecule has 3 N–H and O–H groups in total. The lowest BCUT2D eigenvalue weighted by Gasteiger charge is -2.14. The predicted molar refractivity (Wildman–Crippen MR) is 58.2 cm³/mol. The smallest absolute Gasteiger partial charge is 0.152 e. The summed E-state index contributed by atoms with van der Waals surface area (Å²) in [6.45, 7) is 3.64. The number of aryl methyl sites for hydroxylation is 1. The van der Waals surface area contributed by atoms with Gasteiger partial charge in [0.1, 0.15) is 11.6 Å². The number of hydrogen-bond acceptors (Lipinski definition) is 2. The summed E-state index contributed by atoms with van der Waals surface area (Å²) in [4.78, 5) is 0. The van der Waals surface area contributed by atoms with Gasteiger partial charge in [0.2, 0.25) is 0 Å². The Morgan fingerprint density at radius 1 is 1.57 bits per heavy atom. The van der Waals surface area contributed by atoms with Crippen molar-refractivity contribution in [2.75, 3.05) is 0 Å². The van der Waals surface area contributed by atoms with Crippen LogP contribution in [0.1, 0.15) is 12.5 Å². The molecule has 0 aliphatic heterocycles. The van der Waals surface area contributed by atoms with Crippen LogP contribution in [0.5, 0.6) is 5.75 Å². The quantitative estimate of drug-likeness (QED) is 0.597. The fourth-order valence-electron chi connectivity index (χ4n) is 0.955. The van der Waals surface area contributed by atoms with Gasteiger partial charge in [-0.3, -0.25) is 5.41 Å². The number of hydrogen-bond donors (Lipinski definition) is 2. The molecule has 4 heteroatoms. The van der Waals surface area contributed by atoms with Crippen LogP contribution in [0, 0.1) is 12.3 Å². The maximum absolute atomic E-state index is 7.19. The fourth-order valence-corrected chi connectivity index (χ4v) is 1.12. The van der Waals surface area contributed by atoms with Gasteiger partial charge in [-0.25, -0.2) is 0 Å². The Hall–Kier alpha value is -1.22. The minimum Gasteiger partial charge on any atom is -0.483 e. The number of benzene rings is 1. The number of halogens is 1. The molecule has 0 aliphatic rings. The Kier molecular flexibility index (Phi) is 3.36. The highest BCUT2D eigenvalue weighted by Gasteiger charge is 2.08. The fraction of sp³-hybridized carbons (Fsp3) is 0.300. The van der Waals surface area contributed by atoms with Gasteiger partial charge in [0.05, 0.1) is 0 Å². The van der Waals surface area contributed by atoms with E-state index >= 15 is 0 Å². The van der Waals surface area contributed by atoms with E-state index in [1.54, 1.807) is 19.1 Å². The second kappa shape index (κ2) is 4.33. The maximum Gasteiger partial charge on any atom is 0.152 e. The SMILES string of the molecule is Cc1ccc(Cl)cc1OC(C)C(=N)N. The molecule has 0 saturated carbocycles. The number of rotatable bonds is 3. The predicted octanol–water partition coefficient (Wildman–Crippen LogP) is 2.35. The van der Waals surface area contributed by atoms with Gasteiger partial charge < -0.3 is 10.5 Å². The Labute approximate surface area is 88.3 Å².